The van der Waals surface area contributed by atoms with E-state index in [1.54, 1.807) is 6.92 Å². The van der Waals surface area contributed by atoms with Crippen molar-refractivity contribution in [1.29, 1.82) is 0 Å². The van der Waals surface area contributed by atoms with E-state index in [0.29, 0.717) is 6.42 Å². The van der Waals surface area contributed by atoms with Crippen LogP contribution in [0.15, 0.2) is 60.8 Å². The Hall–Kier alpha value is -4.34. The summed E-state index contributed by atoms with van der Waals surface area (Å²) in [7, 11) is 0. The molecule has 3 aromatic rings. The Balaban J connectivity index is 0.00000353. The van der Waals surface area contributed by atoms with Gasteiger partial charge in [-0.05, 0) is 49.8 Å². The second-order valence-electron chi connectivity index (χ2n) is 11.4. The van der Waals surface area contributed by atoms with Gasteiger partial charge in [-0.15, -0.1) is 0 Å². The molecule has 1 fully saturated rings. The second-order valence-corrected chi connectivity index (χ2v) is 11.4. The maximum Gasteiger partial charge on any atom is 0.408 e. The van der Waals surface area contributed by atoms with Crippen LogP contribution < -0.4 is 16.0 Å². The highest BCUT2D eigenvalue weighted by atomic mass is 16.6. The SMILES string of the molecule is CC(Cc1c[nH]c2ccccc12)(NC(=O)OC1[CH]CCCCCC1)C(=O)NC(CNC(=O)CC(=O)O)Cc1ccccc1.[CH2].[CH2]. The third-order valence-electron chi connectivity index (χ3n) is 7.75. The number of carboxylic acid groups (broad SMARTS) is 1. The highest BCUT2D eigenvalue weighted by Gasteiger charge is 2.38. The largest absolute Gasteiger partial charge is 0.481 e. The number of aliphatic carboxylic acids is 1. The van der Waals surface area contributed by atoms with Gasteiger partial charge in [-0.25, -0.2) is 4.79 Å². The molecule has 1 aliphatic carbocycles. The zero-order chi connectivity index (χ0) is 30.7. The lowest BCUT2D eigenvalue weighted by Crippen LogP contribution is -2.61. The molecule has 4 rings (SSSR count). The van der Waals surface area contributed by atoms with E-state index in [-0.39, 0.29) is 33.9 Å². The Kier molecular flexibility index (Phi) is 14.6. The van der Waals surface area contributed by atoms with E-state index in [1.807, 2.05) is 67.2 Å². The molecule has 3 atom stereocenters. The summed E-state index contributed by atoms with van der Waals surface area (Å²) in [4.78, 5) is 53.7. The minimum atomic E-state index is -1.41. The molecule has 1 saturated carbocycles. The van der Waals surface area contributed by atoms with Crippen LogP contribution in [-0.4, -0.2) is 58.2 Å². The van der Waals surface area contributed by atoms with E-state index in [0.717, 1.165) is 54.1 Å². The molecule has 45 heavy (non-hydrogen) atoms. The molecular formula is C35H45N4O6. The maximum atomic E-state index is 14.1. The fourth-order valence-electron chi connectivity index (χ4n) is 5.46. The number of ether oxygens (including phenoxy) is 1. The number of hydrogen-bond acceptors (Lipinski definition) is 5. The first-order valence-electron chi connectivity index (χ1n) is 14.9. The summed E-state index contributed by atoms with van der Waals surface area (Å²) in [6.45, 7) is 1.67. The first-order valence-corrected chi connectivity index (χ1v) is 14.9. The van der Waals surface area contributed by atoms with Gasteiger partial charge in [-0.1, -0.05) is 82.6 Å². The predicted molar refractivity (Wildman–Crippen MR) is 174 cm³/mol. The number of para-hydroxylation sites is 1. The third-order valence-corrected chi connectivity index (χ3v) is 7.75. The fourth-order valence-corrected chi connectivity index (χ4v) is 5.46. The summed E-state index contributed by atoms with van der Waals surface area (Å²) in [6.07, 6.45) is 8.67. The number of fused-ring (bicyclic) bond motifs is 1. The molecule has 5 radical (unpaired) electrons. The van der Waals surface area contributed by atoms with Crippen molar-refractivity contribution in [1.82, 2.24) is 20.9 Å². The van der Waals surface area contributed by atoms with Gasteiger partial charge in [0, 0.05) is 36.5 Å². The summed E-state index contributed by atoms with van der Waals surface area (Å²) < 4.78 is 5.79. The molecule has 1 heterocycles. The number of alkyl carbamates (subject to hydrolysis) is 1. The highest BCUT2D eigenvalue weighted by Crippen LogP contribution is 2.24. The van der Waals surface area contributed by atoms with Crippen LogP contribution in [0.5, 0.6) is 0 Å². The molecular weight excluding hydrogens is 572 g/mol. The van der Waals surface area contributed by atoms with Crippen molar-refractivity contribution in [3.05, 3.63) is 93.2 Å². The normalized spacial score (nSPS) is 15.5. The molecule has 10 nitrogen and oxygen atoms in total. The number of carbonyl (C=O) groups excluding carboxylic acids is 3. The molecule has 0 spiro atoms. The lowest BCUT2D eigenvalue weighted by molar-refractivity contribution is -0.141. The third kappa shape index (κ3) is 11.3. The molecule has 1 aliphatic rings. The van der Waals surface area contributed by atoms with Crippen LogP contribution in [0.25, 0.3) is 10.9 Å². The Morgan fingerprint density at radius 2 is 1.71 bits per heavy atom. The van der Waals surface area contributed by atoms with Gasteiger partial charge in [-0.2, -0.15) is 0 Å². The van der Waals surface area contributed by atoms with Gasteiger partial charge in [0.2, 0.25) is 11.8 Å². The zero-order valence-electron chi connectivity index (χ0n) is 26.0. The summed E-state index contributed by atoms with van der Waals surface area (Å²) in [5, 5.41) is 18.4. The number of amides is 3. The van der Waals surface area contributed by atoms with Crippen molar-refractivity contribution in [3.8, 4) is 0 Å². The fraction of sp³-hybridized carbons (Fsp3) is 0.400. The van der Waals surface area contributed by atoms with Crippen LogP contribution in [0, 0.1) is 21.3 Å². The smallest absolute Gasteiger partial charge is 0.408 e. The molecule has 241 valence electrons. The van der Waals surface area contributed by atoms with Crippen molar-refractivity contribution in [2.75, 3.05) is 6.54 Å². The van der Waals surface area contributed by atoms with Crippen LogP contribution in [0.2, 0.25) is 0 Å². The number of H-pyrrole nitrogens is 1. The van der Waals surface area contributed by atoms with Crippen LogP contribution >= 0.6 is 0 Å². The van der Waals surface area contributed by atoms with Crippen molar-refractivity contribution >= 4 is 34.8 Å². The lowest BCUT2D eigenvalue weighted by Gasteiger charge is -2.32. The quantitative estimate of drug-likeness (QED) is 0.179. The van der Waals surface area contributed by atoms with Crippen molar-refractivity contribution in [3.63, 3.8) is 0 Å². The minimum absolute atomic E-state index is 0. The minimum Gasteiger partial charge on any atom is -0.481 e. The molecule has 3 amide bonds. The van der Waals surface area contributed by atoms with Gasteiger partial charge < -0.3 is 30.8 Å². The number of carboxylic acids is 1. The van der Waals surface area contributed by atoms with E-state index < -0.39 is 41.9 Å². The summed E-state index contributed by atoms with van der Waals surface area (Å²) in [5.74, 6) is -2.35. The van der Waals surface area contributed by atoms with Gasteiger partial charge >= 0.3 is 12.1 Å². The van der Waals surface area contributed by atoms with E-state index in [1.165, 1.54) is 6.42 Å². The topological polar surface area (TPSA) is 150 Å². The number of carbonyl (C=O) groups is 4. The molecule has 10 heteroatoms. The Labute approximate surface area is 266 Å². The first-order chi connectivity index (χ1) is 20.7. The molecule has 0 saturated heterocycles. The van der Waals surface area contributed by atoms with Gasteiger partial charge in [0.25, 0.3) is 0 Å². The van der Waals surface area contributed by atoms with Crippen molar-refractivity contribution in [2.45, 2.75) is 82.4 Å². The van der Waals surface area contributed by atoms with Gasteiger partial charge in [-0.3, -0.25) is 14.4 Å². The average molecular weight is 618 g/mol. The molecule has 0 bridgehead atoms. The van der Waals surface area contributed by atoms with Crippen molar-refractivity contribution in [2.24, 2.45) is 0 Å². The molecule has 2 aromatic carbocycles. The van der Waals surface area contributed by atoms with Crippen LogP contribution in [0.3, 0.4) is 0 Å². The van der Waals surface area contributed by atoms with Crippen LogP contribution in [-0.2, 0) is 32.0 Å². The number of aromatic amines is 1. The van der Waals surface area contributed by atoms with E-state index in [4.69, 9.17) is 9.84 Å². The summed E-state index contributed by atoms with van der Waals surface area (Å²) >= 11 is 0. The first kappa shape index (κ1) is 36.8. The van der Waals surface area contributed by atoms with Crippen molar-refractivity contribution < 1.29 is 29.0 Å². The van der Waals surface area contributed by atoms with E-state index >= 15 is 0 Å². The van der Waals surface area contributed by atoms with Gasteiger partial charge in [0.1, 0.15) is 18.1 Å². The number of benzene rings is 2. The summed E-state index contributed by atoms with van der Waals surface area (Å²) in [5.41, 5.74) is 1.27. The molecule has 0 aliphatic heterocycles. The maximum absolute atomic E-state index is 14.1. The van der Waals surface area contributed by atoms with Gasteiger partial charge in [0.05, 0.1) is 6.04 Å². The van der Waals surface area contributed by atoms with Gasteiger partial charge in [0.15, 0.2) is 0 Å². The second kappa shape index (κ2) is 17.8. The molecule has 5 N–H and O–H groups in total. The Morgan fingerprint density at radius 1 is 1.00 bits per heavy atom. The van der Waals surface area contributed by atoms with Crippen LogP contribution in [0.1, 0.15) is 63.0 Å². The predicted octanol–water partition coefficient (Wildman–Crippen LogP) is 5.10. The number of hydrogen-bond donors (Lipinski definition) is 5. The zero-order valence-corrected chi connectivity index (χ0v) is 26.0. The standard InChI is InChI=1S/C33H41N4O6.2CH2/c1-33(20-24-21-34-28-17-11-10-16-27(24)28,37-32(42)43-26-14-8-3-2-4-9-15-26)31(41)36-25(18-23-12-6-5-7-13-23)22-35-29(38)19-30(39)40;;/h5-7,10-14,16-17,21,25-26,34H,2-4,8-9,15,18-20,22H2,1H3,(H,35,38)(H,36,41)(H,37,42)(H,39,40);2*1H2. The number of nitrogens with one attached hydrogen (secondary N) is 4. The monoisotopic (exact) mass is 617 g/mol. The molecule has 1 aromatic heterocycles. The number of aromatic nitrogens is 1. The van der Waals surface area contributed by atoms with E-state index in [2.05, 4.69) is 20.9 Å². The molecule has 3 unspecified atom stereocenters. The highest BCUT2D eigenvalue weighted by molar-refractivity contribution is 5.94. The Morgan fingerprint density at radius 3 is 2.47 bits per heavy atom. The van der Waals surface area contributed by atoms with Crippen LogP contribution in [0.4, 0.5) is 4.79 Å². The average Bonchev–Trinajstić information content (AvgIpc) is 3.35. The van der Waals surface area contributed by atoms with E-state index in [9.17, 15) is 19.2 Å². The lowest BCUT2D eigenvalue weighted by atomic mass is 9.90. The summed E-state index contributed by atoms with van der Waals surface area (Å²) in [6, 6.07) is 16.6. The number of rotatable bonds is 12. The Bertz CT molecular complexity index is 1380.